The van der Waals surface area contributed by atoms with Gasteiger partial charge in [0.25, 0.3) is 5.91 Å². The molecule has 0 atom stereocenters. The number of benzene rings is 1. The van der Waals surface area contributed by atoms with E-state index in [2.05, 4.69) is 35.5 Å². The number of Topliss-reactive ketones (excluding diaryl/α,β-unsaturated/α-hetero) is 1. The predicted octanol–water partition coefficient (Wildman–Crippen LogP) is 1.62. The number of halogens is 1. The zero-order valence-electron chi connectivity index (χ0n) is 27.1. The number of aryl methyl sites for hydroxylation is 1. The molecule has 1 saturated heterocycles. The summed E-state index contributed by atoms with van der Waals surface area (Å²) in [5.74, 6) is -0.819. The Morgan fingerprint density at radius 3 is 2.31 bits per heavy atom. The van der Waals surface area contributed by atoms with Crippen molar-refractivity contribution in [2.45, 2.75) is 51.7 Å². The monoisotopic (exact) mass is 685 g/mol. The second-order valence-electron chi connectivity index (χ2n) is 11.3. The maximum Gasteiger partial charge on any atom is 0.280 e. The standard InChI is InChI=1S/C31H44ClN11O5/c1-21-19-43(41-40-21)12-14-47-16-18-48-17-15-46-13-2-3-25(44)23-6-4-22(5-7-23)20-42-10-8-24(9-11-42)36-31(35)39-30(45)26-28(33)38-29(34)27(32)37-26/h4-7,19,24H,2-3,8-18,20H2,1H3,(H4,33,34,38)(H3,35,36,39,45). The molecule has 17 heteroatoms. The zero-order valence-corrected chi connectivity index (χ0v) is 27.9. The minimum atomic E-state index is -0.665. The van der Waals surface area contributed by atoms with Crippen molar-refractivity contribution in [1.82, 2.24) is 35.2 Å². The summed E-state index contributed by atoms with van der Waals surface area (Å²) in [6.45, 7) is 7.93. The van der Waals surface area contributed by atoms with Gasteiger partial charge >= 0.3 is 0 Å². The molecular formula is C31H44ClN11O5. The number of hydrogen-bond acceptors (Lipinski definition) is 13. The fraction of sp³-hybridized carbons (Fsp3) is 0.516. The van der Waals surface area contributed by atoms with Gasteiger partial charge < -0.3 is 31.4 Å². The fourth-order valence-corrected chi connectivity index (χ4v) is 5.08. The van der Waals surface area contributed by atoms with Crippen LogP contribution in [0.15, 0.2) is 35.5 Å². The summed E-state index contributed by atoms with van der Waals surface area (Å²) in [6, 6.07) is 7.72. The van der Waals surface area contributed by atoms with Crippen LogP contribution in [0.5, 0.6) is 0 Å². The van der Waals surface area contributed by atoms with E-state index in [9.17, 15) is 9.59 Å². The van der Waals surface area contributed by atoms with E-state index in [1.807, 2.05) is 37.4 Å². The third kappa shape index (κ3) is 12.1. The topological polar surface area (TPSA) is 224 Å². The molecule has 0 saturated carbocycles. The van der Waals surface area contributed by atoms with Crippen LogP contribution in [-0.2, 0) is 27.3 Å². The molecule has 3 heterocycles. The molecule has 2 aromatic heterocycles. The van der Waals surface area contributed by atoms with Crippen LogP contribution >= 0.6 is 11.6 Å². The second-order valence-corrected chi connectivity index (χ2v) is 11.7. The smallest absolute Gasteiger partial charge is 0.280 e. The van der Waals surface area contributed by atoms with E-state index in [-0.39, 0.29) is 40.3 Å². The lowest BCUT2D eigenvalue weighted by molar-refractivity contribution is 0.0122. The molecule has 0 unspecified atom stereocenters. The van der Waals surface area contributed by atoms with Crippen molar-refractivity contribution in [3.05, 3.63) is 58.1 Å². The molecule has 1 amide bonds. The summed E-state index contributed by atoms with van der Waals surface area (Å²) in [7, 11) is 0. The Hall–Kier alpha value is -4.22. The lowest BCUT2D eigenvalue weighted by atomic mass is 10.0. The number of ether oxygens (including phenoxy) is 3. The van der Waals surface area contributed by atoms with Crippen LogP contribution in [0.25, 0.3) is 0 Å². The summed E-state index contributed by atoms with van der Waals surface area (Å²) in [4.78, 5) is 39.5. The van der Waals surface area contributed by atoms with Crippen molar-refractivity contribution in [2.24, 2.45) is 10.7 Å². The first-order valence-corrected chi connectivity index (χ1v) is 16.2. The van der Waals surface area contributed by atoms with Gasteiger partial charge in [-0.25, -0.2) is 19.6 Å². The van der Waals surface area contributed by atoms with Crippen LogP contribution in [0.3, 0.4) is 0 Å². The Bertz CT molecular complexity index is 1510. The van der Waals surface area contributed by atoms with E-state index in [4.69, 9.17) is 43.0 Å². The highest BCUT2D eigenvalue weighted by molar-refractivity contribution is 6.31. The predicted molar refractivity (Wildman–Crippen MR) is 180 cm³/mol. The molecule has 1 aromatic carbocycles. The van der Waals surface area contributed by atoms with E-state index >= 15 is 0 Å². The number of carbonyl (C=O) groups is 2. The molecule has 1 fully saturated rings. The van der Waals surface area contributed by atoms with Crippen LogP contribution in [-0.4, -0.2) is 106 Å². The normalized spacial score (nSPS) is 14.3. The maximum atomic E-state index is 12.6. The van der Waals surface area contributed by atoms with E-state index in [1.54, 1.807) is 4.68 Å². The van der Waals surface area contributed by atoms with Crippen molar-refractivity contribution in [1.29, 1.82) is 0 Å². The number of guanidine groups is 1. The lowest BCUT2D eigenvalue weighted by Gasteiger charge is -2.30. The van der Waals surface area contributed by atoms with Gasteiger partial charge in [0.2, 0.25) is 0 Å². The summed E-state index contributed by atoms with van der Waals surface area (Å²) >= 11 is 5.85. The number of likely N-dealkylation sites (tertiary alicyclic amines) is 1. The van der Waals surface area contributed by atoms with Crippen molar-refractivity contribution >= 4 is 40.9 Å². The molecule has 16 nitrogen and oxygen atoms in total. The Balaban J connectivity index is 1.04. The number of nitrogens with one attached hydrogen (secondary N) is 1. The van der Waals surface area contributed by atoms with Gasteiger partial charge in [0.15, 0.2) is 34.2 Å². The first-order valence-electron chi connectivity index (χ1n) is 15.9. The summed E-state index contributed by atoms with van der Waals surface area (Å²) < 4.78 is 18.4. The molecule has 0 aliphatic carbocycles. The highest BCUT2D eigenvalue weighted by atomic mass is 35.5. The minimum absolute atomic E-state index is 0.0305. The van der Waals surface area contributed by atoms with E-state index in [0.29, 0.717) is 64.6 Å². The third-order valence-corrected chi connectivity index (χ3v) is 7.75. The van der Waals surface area contributed by atoms with Crippen LogP contribution < -0.4 is 22.5 Å². The summed E-state index contributed by atoms with van der Waals surface area (Å²) in [6.07, 6.45) is 4.49. The van der Waals surface area contributed by atoms with Crippen molar-refractivity contribution < 1.29 is 23.8 Å². The Morgan fingerprint density at radius 2 is 1.65 bits per heavy atom. The first-order chi connectivity index (χ1) is 23.2. The zero-order chi connectivity index (χ0) is 34.3. The number of hydrogen-bond donors (Lipinski definition) is 4. The molecule has 0 spiro atoms. The quantitative estimate of drug-likeness (QED) is 0.0647. The molecule has 260 valence electrons. The molecule has 7 N–H and O–H groups in total. The van der Waals surface area contributed by atoms with E-state index in [1.165, 1.54) is 0 Å². The minimum Gasteiger partial charge on any atom is -0.382 e. The average Bonchev–Trinajstić information content (AvgIpc) is 3.48. The number of amides is 1. The SMILES string of the molecule is Cc1cn(CCOCCOCCOCCCC(=O)c2ccc(CN3CCC(N=C(N)NC(=O)c4nc(Cl)c(N)nc4N)CC3)cc2)nn1. The second kappa shape index (κ2) is 18.9. The maximum absolute atomic E-state index is 12.6. The lowest BCUT2D eigenvalue weighted by Crippen LogP contribution is -2.40. The number of carbonyl (C=O) groups excluding carboxylic acids is 2. The number of aliphatic imine (C=N–C) groups is 1. The van der Waals surface area contributed by atoms with Gasteiger partial charge in [-0.05, 0) is 31.7 Å². The number of nitrogen functional groups attached to an aromatic ring is 2. The number of nitrogens with zero attached hydrogens (tertiary/aromatic N) is 7. The Morgan fingerprint density at radius 1 is 0.979 bits per heavy atom. The number of ketones is 1. The van der Waals surface area contributed by atoms with Crippen molar-refractivity contribution in [3.63, 3.8) is 0 Å². The molecular weight excluding hydrogens is 642 g/mol. The number of rotatable bonds is 18. The molecule has 4 rings (SSSR count). The van der Waals surface area contributed by atoms with Crippen LogP contribution in [0, 0.1) is 6.92 Å². The molecule has 1 aliphatic rings. The van der Waals surface area contributed by atoms with E-state index in [0.717, 1.165) is 43.7 Å². The van der Waals surface area contributed by atoms with Gasteiger partial charge in [0, 0.05) is 44.4 Å². The van der Waals surface area contributed by atoms with Gasteiger partial charge in [-0.3, -0.25) is 19.8 Å². The van der Waals surface area contributed by atoms with Gasteiger partial charge in [-0.15, -0.1) is 5.10 Å². The molecule has 0 radical (unpaired) electrons. The highest BCUT2D eigenvalue weighted by Crippen LogP contribution is 2.19. The molecule has 0 bridgehead atoms. The Labute approximate surface area is 284 Å². The summed E-state index contributed by atoms with van der Waals surface area (Å²) in [5.41, 5.74) is 19.8. The molecule has 3 aromatic rings. The van der Waals surface area contributed by atoms with Gasteiger partial charge in [0.05, 0.1) is 51.3 Å². The van der Waals surface area contributed by atoms with Crippen molar-refractivity contribution in [2.75, 3.05) is 64.2 Å². The number of aromatic nitrogens is 5. The van der Waals surface area contributed by atoms with E-state index < -0.39 is 5.91 Å². The molecule has 1 aliphatic heterocycles. The van der Waals surface area contributed by atoms with Crippen LogP contribution in [0.2, 0.25) is 5.15 Å². The Kier molecular flexibility index (Phi) is 14.5. The van der Waals surface area contributed by atoms with Gasteiger partial charge in [-0.2, -0.15) is 0 Å². The number of anilines is 2. The highest BCUT2D eigenvalue weighted by Gasteiger charge is 2.21. The van der Waals surface area contributed by atoms with Crippen LogP contribution in [0.1, 0.15) is 57.8 Å². The van der Waals surface area contributed by atoms with Gasteiger partial charge in [-0.1, -0.05) is 41.1 Å². The number of nitrogens with two attached hydrogens (primary N) is 3. The summed E-state index contributed by atoms with van der Waals surface area (Å²) in [5, 5.41) is 10.3. The largest absolute Gasteiger partial charge is 0.382 e. The average molecular weight is 686 g/mol. The van der Waals surface area contributed by atoms with Crippen molar-refractivity contribution in [3.8, 4) is 0 Å². The third-order valence-electron chi connectivity index (χ3n) is 7.48. The van der Waals surface area contributed by atoms with Gasteiger partial charge in [0.1, 0.15) is 0 Å². The van der Waals surface area contributed by atoms with Crippen LogP contribution in [0.4, 0.5) is 11.6 Å². The fourth-order valence-electron chi connectivity index (χ4n) is 4.96. The number of piperidine rings is 1. The molecule has 48 heavy (non-hydrogen) atoms. The first kappa shape index (κ1) is 36.6.